The van der Waals surface area contributed by atoms with Gasteiger partial charge in [0.1, 0.15) is 5.82 Å². The molecule has 1 aromatic carbocycles. The SMILES string of the molecule is COC(=O)C1=CNC=C[C@H]1c1ccc(F)cc1. The molecule has 1 N–H and O–H groups in total. The van der Waals surface area contributed by atoms with Gasteiger partial charge in [-0.15, -0.1) is 0 Å². The smallest absolute Gasteiger partial charge is 0.336 e. The second-order valence-corrected chi connectivity index (χ2v) is 3.65. The summed E-state index contributed by atoms with van der Waals surface area (Å²) in [6.07, 6.45) is 5.17. The Morgan fingerprint density at radius 3 is 2.71 bits per heavy atom. The van der Waals surface area contributed by atoms with Gasteiger partial charge in [0.25, 0.3) is 0 Å². The third-order valence-electron chi connectivity index (χ3n) is 2.61. The van der Waals surface area contributed by atoms with Gasteiger partial charge in [-0.2, -0.15) is 0 Å². The van der Waals surface area contributed by atoms with Crippen LogP contribution in [0.2, 0.25) is 0 Å². The van der Waals surface area contributed by atoms with Crippen LogP contribution in [0.4, 0.5) is 4.39 Å². The van der Waals surface area contributed by atoms with E-state index in [4.69, 9.17) is 4.74 Å². The molecule has 1 heterocycles. The quantitative estimate of drug-likeness (QED) is 0.795. The van der Waals surface area contributed by atoms with Crippen LogP contribution in [0, 0.1) is 5.82 Å². The van der Waals surface area contributed by atoms with Gasteiger partial charge in [0.15, 0.2) is 0 Å². The molecule has 1 aromatic rings. The summed E-state index contributed by atoms with van der Waals surface area (Å²) in [5.74, 6) is -0.893. The molecule has 17 heavy (non-hydrogen) atoms. The number of benzene rings is 1. The van der Waals surface area contributed by atoms with Gasteiger partial charge in [-0.05, 0) is 23.9 Å². The number of ether oxygens (including phenoxy) is 1. The van der Waals surface area contributed by atoms with Gasteiger partial charge in [0.05, 0.1) is 12.7 Å². The predicted octanol–water partition coefficient (Wildman–Crippen LogP) is 2.08. The molecule has 0 spiro atoms. The molecule has 0 fully saturated rings. The fourth-order valence-corrected chi connectivity index (χ4v) is 1.75. The van der Waals surface area contributed by atoms with Crippen LogP contribution in [0.1, 0.15) is 11.5 Å². The van der Waals surface area contributed by atoms with Crippen molar-refractivity contribution in [3.8, 4) is 0 Å². The van der Waals surface area contributed by atoms with Crippen molar-refractivity contribution < 1.29 is 13.9 Å². The molecule has 0 aromatic heterocycles. The minimum absolute atomic E-state index is 0.204. The van der Waals surface area contributed by atoms with E-state index in [9.17, 15) is 9.18 Å². The molecular formula is C13H12FNO2. The topological polar surface area (TPSA) is 38.3 Å². The average Bonchev–Trinajstić information content (AvgIpc) is 2.39. The fourth-order valence-electron chi connectivity index (χ4n) is 1.75. The maximum Gasteiger partial charge on any atom is 0.336 e. The molecule has 1 aliphatic rings. The largest absolute Gasteiger partial charge is 0.466 e. The van der Waals surface area contributed by atoms with Crippen LogP contribution < -0.4 is 5.32 Å². The van der Waals surface area contributed by atoms with E-state index in [-0.39, 0.29) is 11.7 Å². The maximum atomic E-state index is 12.8. The molecule has 0 unspecified atom stereocenters. The Labute approximate surface area is 98.6 Å². The predicted molar refractivity (Wildman–Crippen MR) is 61.5 cm³/mol. The Kier molecular flexibility index (Phi) is 3.23. The first-order chi connectivity index (χ1) is 8.22. The summed E-state index contributed by atoms with van der Waals surface area (Å²) in [5.41, 5.74) is 1.35. The number of allylic oxidation sites excluding steroid dienone is 1. The van der Waals surface area contributed by atoms with Gasteiger partial charge in [0, 0.05) is 12.1 Å². The lowest BCUT2D eigenvalue weighted by Crippen LogP contribution is -2.18. The van der Waals surface area contributed by atoms with Crippen LogP contribution in [-0.2, 0) is 9.53 Å². The summed E-state index contributed by atoms with van der Waals surface area (Å²) in [4.78, 5) is 11.6. The van der Waals surface area contributed by atoms with Crippen LogP contribution in [-0.4, -0.2) is 13.1 Å². The monoisotopic (exact) mass is 233 g/mol. The normalized spacial score (nSPS) is 18.2. The third-order valence-corrected chi connectivity index (χ3v) is 2.61. The number of esters is 1. The Bertz CT molecular complexity index is 477. The zero-order valence-electron chi connectivity index (χ0n) is 9.31. The molecule has 0 bridgehead atoms. The average molecular weight is 233 g/mol. The molecule has 3 nitrogen and oxygen atoms in total. The Balaban J connectivity index is 2.32. The molecule has 0 aliphatic carbocycles. The molecule has 88 valence electrons. The van der Waals surface area contributed by atoms with Crippen LogP contribution >= 0.6 is 0 Å². The lowest BCUT2D eigenvalue weighted by molar-refractivity contribution is -0.136. The van der Waals surface area contributed by atoms with Gasteiger partial charge >= 0.3 is 5.97 Å². The number of carbonyl (C=O) groups is 1. The number of halogens is 1. The maximum absolute atomic E-state index is 12.8. The molecule has 0 radical (unpaired) electrons. The van der Waals surface area contributed by atoms with Crippen LogP contribution in [0.3, 0.4) is 0 Å². The highest BCUT2D eigenvalue weighted by Gasteiger charge is 2.22. The molecule has 0 saturated heterocycles. The summed E-state index contributed by atoms with van der Waals surface area (Å²) in [6, 6.07) is 6.07. The first-order valence-corrected chi connectivity index (χ1v) is 5.19. The van der Waals surface area contributed by atoms with Gasteiger partial charge in [-0.1, -0.05) is 18.2 Å². The lowest BCUT2D eigenvalue weighted by Gasteiger charge is -2.19. The third kappa shape index (κ3) is 2.36. The highest BCUT2D eigenvalue weighted by Crippen LogP contribution is 2.28. The van der Waals surface area contributed by atoms with E-state index in [0.717, 1.165) is 5.56 Å². The zero-order valence-corrected chi connectivity index (χ0v) is 9.31. The minimum Gasteiger partial charge on any atom is -0.466 e. The Morgan fingerprint density at radius 1 is 1.35 bits per heavy atom. The first-order valence-electron chi connectivity index (χ1n) is 5.19. The number of hydrogen-bond donors (Lipinski definition) is 1. The summed E-state index contributed by atoms with van der Waals surface area (Å²) in [6.45, 7) is 0. The number of carbonyl (C=O) groups excluding carboxylic acids is 1. The van der Waals surface area contributed by atoms with Crippen LogP contribution in [0.25, 0.3) is 0 Å². The van der Waals surface area contributed by atoms with E-state index in [1.165, 1.54) is 19.2 Å². The number of methoxy groups -OCH3 is 1. The molecule has 1 atom stereocenters. The Morgan fingerprint density at radius 2 is 2.06 bits per heavy atom. The van der Waals surface area contributed by atoms with E-state index in [1.54, 1.807) is 24.5 Å². The van der Waals surface area contributed by atoms with E-state index in [0.29, 0.717) is 5.57 Å². The number of dihydropyridines is 1. The van der Waals surface area contributed by atoms with E-state index in [1.807, 2.05) is 6.08 Å². The number of hydrogen-bond acceptors (Lipinski definition) is 3. The van der Waals surface area contributed by atoms with E-state index in [2.05, 4.69) is 5.32 Å². The molecule has 0 amide bonds. The molecule has 2 rings (SSSR count). The highest BCUT2D eigenvalue weighted by atomic mass is 19.1. The summed E-state index contributed by atoms with van der Waals surface area (Å²) < 4.78 is 17.5. The minimum atomic E-state index is -0.392. The van der Waals surface area contributed by atoms with Crippen molar-refractivity contribution in [2.45, 2.75) is 5.92 Å². The van der Waals surface area contributed by atoms with Crippen molar-refractivity contribution in [3.63, 3.8) is 0 Å². The van der Waals surface area contributed by atoms with Crippen molar-refractivity contribution in [1.82, 2.24) is 5.32 Å². The molecule has 1 aliphatic heterocycles. The summed E-state index contributed by atoms with van der Waals surface area (Å²) in [7, 11) is 1.34. The van der Waals surface area contributed by atoms with Gasteiger partial charge < -0.3 is 10.1 Å². The number of nitrogens with one attached hydrogen (secondary N) is 1. The zero-order chi connectivity index (χ0) is 12.3. The van der Waals surface area contributed by atoms with E-state index >= 15 is 0 Å². The van der Waals surface area contributed by atoms with Crippen LogP contribution in [0.5, 0.6) is 0 Å². The van der Waals surface area contributed by atoms with E-state index < -0.39 is 5.97 Å². The van der Waals surface area contributed by atoms with Gasteiger partial charge in [-0.3, -0.25) is 0 Å². The molecule has 4 heteroatoms. The van der Waals surface area contributed by atoms with Crippen molar-refractivity contribution in [1.29, 1.82) is 0 Å². The second kappa shape index (κ2) is 4.82. The van der Waals surface area contributed by atoms with Crippen molar-refractivity contribution in [2.75, 3.05) is 7.11 Å². The number of rotatable bonds is 2. The fraction of sp³-hybridized carbons (Fsp3) is 0.154. The Hall–Kier alpha value is -2.10. The first kappa shape index (κ1) is 11.4. The second-order valence-electron chi connectivity index (χ2n) is 3.65. The van der Waals surface area contributed by atoms with Crippen molar-refractivity contribution in [3.05, 3.63) is 59.7 Å². The van der Waals surface area contributed by atoms with Crippen LogP contribution in [0.15, 0.2) is 48.3 Å². The summed E-state index contributed by atoms with van der Waals surface area (Å²) >= 11 is 0. The van der Waals surface area contributed by atoms with Gasteiger partial charge in [0.2, 0.25) is 0 Å². The molecular weight excluding hydrogens is 221 g/mol. The lowest BCUT2D eigenvalue weighted by atomic mass is 9.90. The summed E-state index contributed by atoms with van der Waals surface area (Å²) in [5, 5.41) is 2.84. The highest BCUT2D eigenvalue weighted by molar-refractivity contribution is 5.91. The van der Waals surface area contributed by atoms with Crippen molar-refractivity contribution in [2.24, 2.45) is 0 Å². The van der Waals surface area contributed by atoms with Gasteiger partial charge in [-0.25, -0.2) is 9.18 Å². The molecule has 0 saturated carbocycles. The van der Waals surface area contributed by atoms with Crippen molar-refractivity contribution >= 4 is 5.97 Å². The standard InChI is InChI=1S/C13H12FNO2/c1-17-13(16)12-8-15-7-6-11(12)9-2-4-10(14)5-3-9/h2-8,11,15H,1H3/t11-/m0/s1.